The van der Waals surface area contributed by atoms with Crippen LogP contribution in [0, 0.1) is 13.8 Å². The Labute approximate surface area is 278 Å². The van der Waals surface area contributed by atoms with Gasteiger partial charge in [0.15, 0.2) is 34.2 Å². The smallest absolute Gasteiger partial charge is 0.302 e. The summed E-state index contributed by atoms with van der Waals surface area (Å²) in [6.45, 7) is 4.93. The lowest BCUT2D eigenvalue weighted by atomic mass is 10.3. The minimum absolute atomic E-state index is 0.00971. The molecule has 0 saturated heterocycles. The Morgan fingerprint density at radius 2 is 1.08 bits per heavy atom. The molecule has 0 saturated carbocycles. The van der Waals surface area contributed by atoms with E-state index in [1.54, 1.807) is 13.8 Å². The van der Waals surface area contributed by atoms with Gasteiger partial charge in [-0.2, -0.15) is 0 Å². The van der Waals surface area contributed by atoms with Gasteiger partial charge >= 0.3 is 11.9 Å². The van der Waals surface area contributed by atoms with Gasteiger partial charge in [-0.15, -0.1) is 0 Å². The summed E-state index contributed by atoms with van der Waals surface area (Å²) in [5, 5.41) is 5.33. The van der Waals surface area contributed by atoms with E-state index in [-0.39, 0.29) is 94.2 Å². The Bertz CT molecular complexity index is 2250. The van der Waals surface area contributed by atoms with E-state index in [1.165, 1.54) is 26.4 Å². The van der Waals surface area contributed by atoms with E-state index in [0.717, 1.165) is 12.5 Å². The van der Waals surface area contributed by atoms with Crippen LogP contribution >= 0.6 is 0 Å². The Morgan fingerprint density at radius 3 is 1.72 bits per heavy atom. The summed E-state index contributed by atoms with van der Waals surface area (Å²) in [6.07, 6.45) is 4.63. The van der Waals surface area contributed by atoms with Crippen LogP contribution in [0.25, 0.3) is 46.3 Å². The number of aryl methyl sites for hydroxylation is 2. The zero-order chi connectivity index (χ0) is 35.1. The lowest BCUT2D eigenvalue weighted by Crippen LogP contribution is -2.32. The molecule has 0 unspecified atom stereocenters. The highest BCUT2D eigenvalue weighted by molar-refractivity contribution is 5.93. The molecular weight excluding hydrogens is 664 g/mol. The highest BCUT2D eigenvalue weighted by Crippen LogP contribution is 2.32. The molecule has 0 fully saturated rings. The van der Waals surface area contributed by atoms with Gasteiger partial charge in [0.2, 0.25) is 35.3 Å². The number of nitrogens with one attached hydrogen (secondary N) is 2. The van der Waals surface area contributed by atoms with E-state index in [2.05, 4.69) is 40.5 Å². The predicted octanol–water partition coefficient (Wildman–Crippen LogP) is 3.28. The number of hydrogen-bond donors (Lipinski definition) is 2. The number of aromatic nitrogens is 6. The number of nitrogens with zero attached hydrogens (tertiary/aromatic N) is 6. The van der Waals surface area contributed by atoms with Crippen LogP contribution in [0.3, 0.4) is 0 Å². The van der Waals surface area contributed by atoms with Crippen molar-refractivity contribution in [1.29, 1.82) is 0 Å². The Kier molecular flexibility index (Phi) is 8.02. The summed E-state index contributed by atoms with van der Waals surface area (Å²) in [6, 6.07) is -2.14. The van der Waals surface area contributed by atoms with E-state index < -0.39 is 35.8 Å². The third kappa shape index (κ3) is 6.23. The molecule has 6 aromatic rings. The fourth-order valence-electron chi connectivity index (χ4n) is 4.69. The molecule has 0 aliphatic carbocycles. The quantitative estimate of drug-likeness (QED) is 0.251. The largest absolute Gasteiger partial charge is 0.463 e. The fraction of sp³-hybridized carbons (Fsp3) is 0.267. The number of amides is 2. The van der Waals surface area contributed by atoms with Gasteiger partial charge in [-0.05, 0) is 13.8 Å². The minimum Gasteiger partial charge on any atom is -0.463 e. The van der Waals surface area contributed by atoms with Gasteiger partial charge in [0, 0.05) is 13.8 Å². The van der Waals surface area contributed by atoms with E-state index in [1.807, 2.05) is 0 Å². The lowest BCUT2D eigenvalue weighted by Gasteiger charge is -2.14. The molecule has 0 spiro atoms. The minimum atomic E-state index is -1.07. The van der Waals surface area contributed by atoms with E-state index in [9.17, 15) is 19.2 Å². The average molecular weight is 689 g/mol. The van der Waals surface area contributed by atoms with Crippen molar-refractivity contribution in [3.8, 4) is 46.3 Å². The van der Waals surface area contributed by atoms with E-state index >= 15 is 0 Å². The number of oxazole rings is 6. The van der Waals surface area contributed by atoms with Crippen LogP contribution in [-0.4, -0.2) is 66.9 Å². The van der Waals surface area contributed by atoms with Crippen molar-refractivity contribution in [3.63, 3.8) is 0 Å². The summed E-state index contributed by atoms with van der Waals surface area (Å²) in [5.41, 5.74) is 0.241. The van der Waals surface area contributed by atoms with Crippen LogP contribution in [-0.2, 0) is 19.1 Å². The maximum atomic E-state index is 13.3. The molecule has 0 radical (unpaired) electrons. The molecule has 7 rings (SSSR count). The van der Waals surface area contributed by atoms with Crippen LogP contribution in [0.5, 0.6) is 0 Å². The van der Waals surface area contributed by atoms with Crippen molar-refractivity contribution >= 4 is 23.8 Å². The summed E-state index contributed by atoms with van der Waals surface area (Å²) in [4.78, 5) is 75.9. The molecule has 2 atom stereocenters. The second kappa shape index (κ2) is 12.6. The first-order valence-electron chi connectivity index (χ1n) is 14.7. The van der Waals surface area contributed by atoms with E-state index in [0.29, 0.717) is 0 Å². The molecular formula is C30H24N8O12. The van der Waals surface area contributed by atoms with Crippen LogP contribution in [0.1, 0.15) is 70.2 Å². The zero-order valence-corrected chi connectivity index (χ0v) is 26.5. The van der Waals surface area contributed by atoms with Crippen molar-refractivity contribution in [2.45, 2.75) is 39.8 Å². The summed E-state index contributed by atoms with van der Waals surface area (Å²) in [5.74, 6) is -2.35. The van der Waals surface area contributed by atoms with Crippen LogP contribution in [0.15, 0.2) is 51.6 Å². The second-order valence-corrected chi connectivity index (χ2v) is 10.7. The zero-order valence-electron chi connectivity index (χ0n) is 26.5. The molecule has 20 nitrogen and oxygen atoms in total. The molecule has 256 valence electrons. The SMILES string of the molecule is CC(=O)OC[C@@H]1NC(=O)c2coc(n2)-c2nc(oc2C)-c2nc(oc2C)[C@H](COC(C)=O)NC(=O)c2coc(n2)-c2coc(n2)-c2coc1n2. The van der Waals surface area contributed by atoms with Gasteiger partial charge in [-0.25, -0.2) is 29.9 Å². The Hall–Kier alpha value is -6.86. The van der Waals surface area contributed by atoms with Crippen molar-refractivity contribution in [1.82, 2.24) is 40.5 Å². The summed E-state index contributed by atoms with van der Waals surface area (Å²) < 4.78 is 44.1. The molecule has 6 aromatic heterocycles. The maximum Gasteiger partial charge on any atom is 0.302 e. The number of hydrogen-bond acceptors (Lipinski definition) is 18. The predicted molar refractivity (Wildman–Crippen MR) is 158 cm³/mol. The number of ether oxygens (including phenoxy) is 2. The molecule has 12 bridgehead atoms. The normalized spacial score (nSPS) is 15.9. The molecule has 20 heteroatoms. The van der Waals surface area contributed by atoms with Crippen molar-refractivity contribution in [2.75, 3.05) is 13.2 Å². The second-order valence-electron chi connectivity index (χ2n) is 10.7. The molecule has 2 amide bonds. The van der Waals surface area contributed by atoms with Gasteiger partial charge in [0.05, 0.1) is 0 Å². The first kappa shape index (κ1) is 31.7. The van der Waals surface area contributed by atoms with Gasteiger partial charge in [-0.3, -0.25) is 19.2 Å². The van der Waals surface area contributed by atoms with Crippen molar-refractivity contribution in [3.05, 3.63) is 59.7 Å². The Morgan fingerprint density at radius 1 is 0.600 bits per heavy atom. The average Bonchev–Trinajstić information content (AvgIpc) is 3.91. The third-order valence-corrected chi connectivity index (χ3v) is 7.07. The van der Waals surface area contributed by atoms with Crippen molar-refractivity contribution in [2.24, 2.45) is 0 Å². The van der Waals surface area contributed by atoms with Crippen LogP contribution in [0.4, 0.5) is 0 Å². The molecule has 0 aromatic carbocycles. The van der Waals surface area contributed by atoms with E-state index in [4.69, 9.17) is 36.0 Å². The van der Waals surface area contributed by atoms with Gasteiger partial charge in [0.25, 0.3) is 11.8 Å². The first-order valence-corrected chi connectivity index (χ1v) is 14.7. The lowest BCUT2D eigenvalue weighted by molar-refractivity contribution is -0.142. The molecule has 7 heterocycles. The van der Waals surface area contributed by atoms with Crippen LogP contribution in [0.2, 0.25) is 0 Å². The number of esters is 2. The molecule has 50 heavy (non-hydrogen) atoms. The van der Waals surface area contributed by atoms with Gasteiger partial charge < -0.3 is 46.6 Å². The fourth-order valence-corrected chi connectivity index (χ4v) is 4.69. The first-order chi connectivity index (χ1) is 24.0. The highest BCUT2D eigenvalue weighted by atomic mass is 16.5. The molecule has 1 aliphatic rings. The third-order valence-electron chi connectivity index (χ3n) is 7.07. The Balaban J connectivity index is 1.30. The van der Waals surface area contributed by atoms with Gasteiger partial charge in [0.1, 0.15) is 61.9 Å². The number of rotatable bonds is 4. The summed E-state index contributed by atoms with van der Waals surface area (Å²) in [7, 11) is 0. The topological polar surface area (TPSA) is 267 Å². The maximum absolute atomic E-state index is 13.3. The molecule has 1 aliphatic heterocycles. The van der Waals surface area contributed by atoms with Gasteiger partial charge in [-0.1, -0.05) is 0 Å². The number of carbonyl (C=O) groups excluding carboxylic acids is 4. The molecule has 2 N–H and O–H groups in total. The van der Waals surface area contributed by atoms with Crippen LogP contribution < -0.4 is 10.6 Å². The number of fused-ring (bicyclic) bond motifs is 16. The van der Waals surface area contributed by atoms with Crippen molar-refractivity contribution < 1.29 is 55.2 Å². The highest BCUT2D eigenvalue weighted by Gasteiger charge is 2.30. The number of carbonyl (C=O) groups is 4. The monoisotopic (exact) mass is 688 g/mol. The summed E-state index contributed by atoms with van der Waals surface area (Å²) >= 11 is 0. The standard InChI is InChI=1S/C30H24N8O12/c1-11-21-29-34-16(6-48-29)24(42)31-17(7-43-13(3)39)25-35-19(10-46-25)27-36-18(9-47-27)26-33-15(5-45-26)23(41)32-20(8-44-14(4)40)28-37-22(12(2)49-28)30(38-21)50-11/h5-6,9-10,17,20H,7-8H2,1-4H3,(H,31,42)(H,32,41)/t17-,20-/m0/s1.